The minimum atomic E-state index is -0.289. The number of amides is 3. The lowest BCUT2D eigenvalue weighted by Crippen LogP contribution is -2.32. The normalized spacial score (nSPS) is 13.0. The number of hydrogen-bond donors (Lipinski definition) is 1. The average Bonchev–Trinajstić information content (AvgIpc) is 3.41. The molecule has 160 valence electrons. The predicted molar refractivity (Wildman–Crippen MR) is 116 cm³/mol. The lowest BCUT2D eigenvalue weighted by atomic mass is 10.1. The van der Waals surface area contributed by atoms with Crippen LogP contribution in [0, 0.1) is 13.8 Å². The number of nitrogens with zero attached hydrogens (tertiary/aromatic N) is 4. The number of aryl methyl sites for hydroxylation is 2. The van der Waals surface area contributed by atoms with Gasteiger partial charge in [-0.25, -0.2) is 9.67 Å². The summed E-state index contributed by atoms with van der Waals surface area (Å²) in [5.74, 6) is -0.684. The smallest absolute Gasteiger partial charge is 0.261 e. The number of rotatable bonds is 8. The summed E-state index contributed by atoms with van der Waals surface area (Å²) in [6.07, 6.45) is 1.30. The van der Waals surface area contributed by atoms with Crippen LogP contribution in [0.3, 0.4) is 0 Å². The Hall–Kier alpha value is -3.33. The predicted octanol–water partition coefficient (Wildman–Crippen LogP) is 2.68. The van der Waals surface area contributed by atoms with Gasteiger partial charge in [0.25, 0.3) is 11.8 Å². The van der Waals surface area contributed by atoms with Gasteiger partial charge in [-0.1, -0.05) is 12.1 Å². The first-order chi connectivity index (χ1) is 14.9. The summed E-state index contributed by atoms with van der Waals surface area (Å²) in [7, 11) is 0. The Bertz CT molecular complexity index is 1110. The van der Waals surface area contributed by atoms with Gasteiger partial charge in [0.15, 0.2) is 0 Å². The highest BCUT2D eigenvalue weighted by molar-refractivity contribution is 7.12. The number of thiazole rings is 1. The average molecular weight is 438 g/mol. The molecule has 1 aliphatic rings. The third-order valence-electron chi connectivity index (χ3n) is 5.10. The van der Waals surface area contributed by atoms with E-state index in [1.54, 1.807) is 24.3 Å². The van der Waals surface area contributed by atoms with Crippen molar-refractivity contribution in [3.8, 4) is 5.13 Å². The maximum atomic E-state index is 12.3. The number of benzene rings is 1. The number of hydrogen-bond acceptors (Lipinski definition) is 6. The summed E-state index contributed by atoms with van der Waals surface area (Å²) in [5, 5.41) is 10.1. The van der Waals surface area contributed by atoms with Gasteiger partial charge in [0.2, 0.25) is 11.0 Å². The van der Waals surface area contributed by atoms with Gasteiger partial charge in [-0.15, -0.1) is 11.3 Å². The largest absolute Gasteiger partial charge is 0.356 e. The molecule has 3 heterocycles. The van der Waals surface area contributed by atoms with E-state index in [9.17, 15) is 14.4 Å². The molecular weight excluding hydrogens is 414 g/mol. The molecule has 0 bridgehead atoms. The number of nitrogens with one attached hydrogen (secondary N) is 1. The summed E-state index contributed by atoms with van der Waals surface area (Å²) in [5.41, 5.74) is 3.74. The highest BCUT2D eigenvalue weighted by atomic mass is 32.1. The van der Waals surface area contributed by atoms with Crippen LogP contribution < -0.4 is 5.32 Å². The van der Waals surface area contributed by atoms with Crippen molar-refractivity contribution in [1.82, 2.24) is 25.0 Å². The molecule has 1 N–H and O–H groups in total. The minimum absolute atomic E-state index is 0.106. The lowest BCUT2D eigenvalue weighted by molar-refractivity contribution is -0.121. The molecule has 8 nitrogen and oxygen atoms in total. The van der Waals surface area contributed by atoms with Crippen LogP contribution in [0.1, 0.15) is 50.6 Å². The summed E-state index contributed by atoms with van der Waals surface area (Å²) in [6, 6.07) is 8.79. The Morgan fingerprint density at radius 3 is 2.48 bits per heavy atom. The molecule has 3 aromatic rings. The molecule has 9 heteroatoms. The van der Waals surface area contributed by atoms with Crippen LogP contribution in [0.25, 0.3) is 5.13 Å². The van der Waals surface area contributed by atoms with Crippen LogP contribution in [-0.4, -0.2) is 50.5 Å². The van der Waals surface area contributed by atoms with Crippen molar-refractivity contribution < 1.29 is 14.4 Å². The molecule has 0 unspecified atom stereocenters. The van der Waals surface area contributed by atoms with Crippen molar-refractivity contribution in [3.63, 3.8) is 0 Å². The first-order valence-electron chi connectivity index (χ1n) is 10.1. The minimum Gasteiger partial charge on any atom is -0.356 e. The number of carbonyl (C=O) groups is 3. The zero-order chi connectivity index (χ0) is 22.0. The van der Waals surface area contributed by atoms with E-state index in [2.05, 4.69) is 15.4 Å². The molecule has 2 aromatic heterocycles. The van der Waals surface area contributed by atoms with E-state index in [0.29, 0.717) is 30.5 Å². The maximum Gasteiger partial charge on any atom is 0.261 e. The molecule has 0 saturated carbocycles. The van der Waals surface area contributed by atoms with Crippen LogP contribution in [0.4, 0.5) is 0 Å². The van der Waals surface area contributed by atoms with Gasteiger partial charge in [-0.2, -0.15) is 5.10 Å². The summed E-state index contributed by atoms with van der Waals surface area (Å²) in [6.45, 7) is 4.65. The van der Waals surface area contributed by atoms with Crippen molar-refractivity contribution in [1.29, 1.82) is 0 Å². The Kier molecular flexibility index (Phi) is 5.94. The van der Waals surface area contributed by atoms with Gasteiger partial charge >= 0.3 is 0 Å². The van der Waals surface area contributed by atoms with E-state index in [1.807, 2.05) is 30.0 Å². The monoisotopic (exact) mass is 437 g/mol. The fraction of sp³-hybridized carbons (Fsp3) is 0.318. The number of carbonyl (C=O) groups excluding carboxylic acids is 3. The van der Waals surface area contributed by atoms with Gasteiger partial charge < -0.3 is 5.32 Å². The number of imide groups is 1. The fourth-order valence-corrected chi connectivity index (χ4v) is 4.46. The second kappa shape index (κ2) is 8.81. The molecule has 1 aromatic carbocycles. The standard InChI is InChI=1S/C22H23N5O3S/c1-14-12-15(2)27(25-14)22-24-16(13-31-22)9-10-23-19(28)8-5-11-26-20(29)17-6-3-4-7-18(17)21(26)30/h3-4,6-7,12-13H,5,8-11H2,1-2H3,(H,23,28). The Labute approximate surface area is 183 Å². The number of aromatic nitrogens is 3. The van der Waals surface area contributed by atoms with Crippen molar-refractivity contribution in [3.05, 3.63) is 63.9 Å². The Morgan fingerprint density at radius 1 is 1.13 bits per heavy atom. The fourth-order valence-electron chi connectivity index (χ4n) is 3.59. The van der Waals surface area contributed by atoms with E-state index in [1.165, 1.54) is 16.2 Å². The molecule has 0 saturated heterocycles. The van der Waals surface area contributed by atoms with Crippen LogP contribution in [0.15, 0.2) is 35.7 Å². The highest BCUT2D eigenvalue weighted by Crippen LogP contribution is 2.22. The summed E-state index contributed by atoms with van der Waals surface area (Å²) >= 11 is 1.52. The lowest BCUT2D eigenvalue weighted by Gasteiger charge is -2.13. The summed E-state index contributed by atoms with van der Waals surface area (Å²) < 4.78 is 1.82. The molecule has 0 radical (unpaired) electrons. The van der Waals surface area contributed by atoms with Crippen molar-refractivity contribution in [2.75, 3.05) is 13.1 Å². The van der Waals surface area contributed by atoms with E-state index in [-0.39, 0.29) is 30.7 Å². The quantitative estimate of drug-likeness (QED) is 0.547. The molecule has 0 aliphatic carbocycles. The van der Waals surface area contributed by atoms with Gasteiger partial charge in [0, 0.05) is 37.0 Å². The van der Waals surface area contributed by atoms with Crippen LogP contribution in [-0.2, 0) is 11.2 Å². The SMILES string of the molecule is Cc1cc(C)n(-c2nc(CCNC(=O)CCCN3C(=O)c4ccccc4C3=O)cs2)n1. The molecule has 3 amide bonds. The van der Waals surface area contributed by atoms with Gasteiger partial charge in [-0.05, 0) is 38.5 Å². The van der Waals surface area contributed by atoms with E-state index in [0.717, 1.165) is 22.2 Å². The van der Waals surface area contributed by atoms with Gasteiger partial charge in [0.05, 0.1) is 22.5 Å². The van der Waals surface area contributed by atoms with E-state index >= 15 is 0 Å². The van der Waals surface area contributed by atoms with Crippen LogP contribution in [0.5, 0.6) is 0 Å². The Morgan fingerprint density at radius 2 is 1.84 bits per heavy atom. The zero-order valence-electron chi connectivity index (χ0n) is 17.4. The molecule has 0 spiro atoms. The Balaban J connectivity index is 1.20. The first kappa shape index (κ1) is 20.9. The van der Waals surface area contributed by atoms with Gasteiger partial charge in [-0.3, -0.25) is 19.3 Å². The molecule has 0 fully saturated rings. The molecule has 4 rings (SSSR count). The second-order valence-corrected chi connectivity index (χ2v) is 8.31. The van der Waals surface area contributed by atoms with E-state index < -0.39 is 0 Å². The van der Waals surface area contributed by atoms with Crippen LogP contribution in [0.2, 0.25) is 0 Å². The van der Waals surface area contributed by atoms with E-state index in [4.69, 9.17) is 0 Å². The second-order valence-electron chi connectivity index (χ2n) is 7.47. The molecule has 31 heavy (non-hydrogen) atoms. The summed E-state index contributed by atoms with van der Waals surface area (Å²) in [4.78, 5) is 42.6. The molecular formula is C22H23N5O3S. The third-order valence-corrected chi connectivity index (χ3v) is 5.96. The van der Waals surface area contributed by atoms with Crippen molar-refractivity contribution >= 4 is 29.1 Å². The highest BCUT2D eigenvalue weighted by Gasteiger charge is 2.34. The maximum absolute atomic E-state index is 12.3. The first-order valence-corrected chi connectivity index (χ1v) is 11.0. The zero-order valence-corrected chi connectivity index (χ0v) is 18.2. The van der Waals surface area contributed by atoms with Crippen molar-refractivity contribution in [2.45, 2.75) is 33.1 Å². The molecule has 1 aliphatic heterocycles. The molecule has 0 atom stereocenters. The number of fused-ring (bicyclic) bond motifs is 1. The van der Waals surface area contributed by atoms with Gasteiger partial charge in [0.1, 0.15) is 0 Å². The third kappa shape index (κ3) is 4.41. The topological polar surface area (TPSA) is 97.2 Å². The van der Waals surface area contributed by atoms with Crippen LogP contribution >= 0.6 is 11.3 Å². The van der Waals surface area contributed by atoms with Crippen molar-refractivity contribution in [2.24, 2.45) is 0 Å².